The minimum absolute atomic E-state index is 0.101. The number of piperazine rings is 1. The van der Waals surface area contributed by atoms with Crippen molar-refractivity contribution in [2.75, 3.05) is 52.4 Å². The van der Waals surface area contributed by atoms with Crippen LogP contribution in [0.1, 0.15) is 46.5 Å². The van der Waals surface area contributed by atoms with Crippen LogP contribution >= 0.6 is 0 Å². The van der Waals surface area contributed by atoms with E-state index in [1.54, 1.807) is 0 Å². The first-order valence-electron chi connectivity index (χ1n) is 11.3. The van der Waals surface area contributed by atoms with E-state index in [-0.39, 0.29) is 18.5 Å². The van der Waals surface area contributed by atoms with Gasteiger partial charge in [-0.2, -0.15) is 0 Å². The maximum absolute atomic E-state index is 11.7. The topological polar surface area (TPSA) is 80.3 Å². The Hall–Kier alpha value is -1.83. The number of imide groups is 1. The van der Waals surface area contributed by atoms with Crippen LogP contribution in [-0.2, 0) is 4.79 Å². The fourth-order valence-corrected chi connectivity index (χ4v) is 4.80. The number of aliphatic imine (C=N–C) groups is 1. The first kappa shape index (κ1) is 21.9. The second-order valence-electron chi connectivity index (χ2n) is 8.78. The summed E-state index contributed by atoms with van der Waals surface area (Å²) in [6, 6.07) is 0.433. The fourth-order valence-electron chi connectivity index (χ4n) is 4.80. The highest BCUT2D eigenvalue weighted by Crippen LogP contribution is 2.32. The molecule has 3 aliphatic rings. The lowest BCUT2D eigenvalue weighted by Gasteiger charge is -2.43. The van der Waals surface area contributed by atoms with Crippen LogP contribution in [0.4, 0.5) is 4.79 Å². The van der Waals surface area contributed by atoms with Crippen LogP contribution in [0, 0.1) is 11.8 Å². The molecule has 0 aromatic rings. The highest BCUT2D eigenvalue weighted by Gasteiger charge is 2.30. The van der Waals surface area contributed by atoms with Crippen molar-refractivity contribution in [2.45, 2.75) is 52.5 Å². The highest BCUT2D eigenvalue weighted by molar-refractivity contribution is 6.01. The van der Waals surface area contributed by atoms with Gasteiger partial charge >= 0.3 is 6.03 Å². The number of urea groups is 1. The molecule has 0 radical (unpaired) electrons. The zero-order valence-corrected chi connectivity index (χ0v) is 18.3. The second-order valence-corrected chi connectivity index (χ2v) is 8.78. The molecule has 2 heterocycles. The molecule has 0 unspecified atom stereocenters. The zero-order chi connectivity index (χ0) is 20.8. The molecule has 0 aromatic carbocycles. The standard InChI is InChI=1S/C21H38N6O2/c1-4-22-20(23-9-10-27-19(28)15-24-21(27)29)26-13-11-25(12-14-26)18-7-5-17(6-8-18)16(2)3/h16-18H,4-15H2,1-3H3,(H,22,23)(H,24,29). The van der Waals surface area contributed by atoms with Gasteiger partial charge in [0.2, 0.25) is 5.91 Å². The highest BCUT2D eigenvalue weighted by atomic mass is 16.2. The van der Waals surface area contributed by atoms with E-state index in [0.29, 0.717) is 13.1 Å². The number of guanidine groups is 1. The van der Waals surface area contributed by atoms with E-state index in [1.165, 1.54) is 30.6 Å². The Morgan fingerprint density at radius 3 is 2.38 bits per heavy atom. The van der Waals surface area contributed by atoms with E-state index in [2.05, 4.69) is 46.2 Å². The first-order chi connectivity index (χ1) is 14.0. The molecule has 2 N–H and O–H groups in total. The van der Waals surface area contributed by atoms with Crippen molar-refractivity contribution in [3.8, 4) is 0 Å². The van der Waals surface area contributed by atoms with Crippen molar-refractivity contribution in [1.29, 1.82) is 0 Å². The smallest absolute Gasteiger partial charge is 0.324 e. The van der Waals surface area contributed by atoms with E-state index in [4.69, 9.17) is 0 Å². The molecule has 2 saturated heterocycles. The van der Waals surface area contributed by atoms with Crippen molar-refractivity contribution in [3.63, 3.8) is 0 Å². The molecule has 1 aliphatic carbocycles. The summed E-state index contributed by atoms with van der Waals surface area (Å²) >= 11 is 0. The molecule has 3 amide bonds. The van der Waals surface area contributed by atoms with E-state index < -0.39 is 0 Å². The van der Waals surface area contributed by atoms with Crippen LogP contribution in [0.2, 0.25) is 0 Å². The van der Waals surface area contributed by atoms with Gasteiger partial charge in [-0.3, -0.25) is 19.6 Å². The summed E-state index contributed by atoms with van der Waals surface area (Å²) in [6.07, 6.45) is 5.41. The SMILES string of the molecule is CCNC(=NCCN1C(=O)CNC1=O)N1CCN(C2CCC(C(C)C)CC2)CC1. The molecule has 1 saturated carbocycles. The monoisotopic (exact) mass is 406 g/mol. The molecular formula is C21H38N6O2. The number of nitrogens with zero attached hydrogens (tertiary/aromatic N) is 4. The average Bonchev–Trinajstić information content (AvgIpc) is 3.05. The Kier molecular flexibility index (Phi) is 7.75. The average molecular weight is 407 g/mol. The number of rotatable bonds is 6. The molecule has 0 bridgehead atoms. The minimum atomic E-state index is -0.309. The molecule has 164 valence electrons. The number of hydrogen-bond donors (Lipinski definition) is 2. The summed E-state index contributed by atoms with van der Waals surface area (Å²) in [4.78, 5) is 34.2. The van der Waals surface area contributed by atoms with Gasteiger partial charge in [0.1, 0.15) is 0 Å². The van der Waals surface area contributed by atoms with Gasteiger partial charge in [0, 0.05) is 38.8 Å². The predicted octanol–water partition coefficient (Wildman–Crippen LogP) is 1.34. The third-order valence-electron chi connectivity index (χ3n) is 6.67. The second kappa shape index (κ2) is 10.3. The lowest BCUT2D eigenvalue weighted by atomic mass is 9.79. The quantitative estimate of drug-likeness (QED) is 0.395. The largest absolute Gasteiger partial charge is 0.357 e. The van der Waals surface area contributed by atoms with Crippen LogP contribution in [-0.4, -0.2) is 91.0 Å². The van der Waals surface area contributed by atoms with E-state index in [0.717, 1.165) is 56.6 Å². The summed E-state index contributed by atoms with van der Waals surface area (Å²) in [7, 11) is 0. The third kappa shape index (κ3) is 5.62. The van der Waals surface area contributed by atoms with Gasteiger partial charge in [-0.1, -0.05) is 13.8 Å². The van der Waals surface area contributed by atoms with E-state index in [1.807, 2.05) is 0 Å². The van der Waals surface area contributed by atoms with Crippen LogP contribution in [0.3, 0.4) is 0 Å². The number of carbonyl (C=O) groups excluding carboxylic acids is 2. The van der Waals surface area contributed by atoms with Gasteiger partial charge in [0.15, 0.2) is 5.96 Å². The molecule has 0 spiro atoms. The third-order valence-corrected chi connectivity index (χ3v) is 6.67. The maximum Gasteiger partial charge on any atom is 0.324 e. The molecule has 29 heavy (non-hydrogen) atoms. The van der Waals surface area contributed by atoms with Crippen LogP contribution in [0.25, 0.3) is 0 Å². The molecule has 8 heteroatoms. The van der Waals surface area contributed by atoms with Gasteiger partial charge in [-0.15, -0.1) is 0 Å². The molecule has 3 rings (SSSR count). The van der Waals surface area contributed by atoms with Gasteiger partial charge < -0.3 is 15.5 Å². The molecule has 0 atom stereocenters. The summed E-state index contributed by atoms with van der Waals surface area (Å²) in [6.45, 7) is 12.6. The normalized spacial score (nSPS) is 27.0. The molecule has 0 aromatic heterocycles. The lowest BCUT2D eigenvalue weighted by Crippen LogP contribution is -2.55. The van der Waals surface area contributed by atoms with Crippen molar-refractivity contribution in [1.82, 2.24) is 25.3 Å². The number of nitrogens with one attached hydrogen (secondary N) is 2. The Morgan fingerprint density at radius 1 is 1.14 bits per heavy atom. The van der Waals surface area contributed by atoms with Gasteiger partial charge in [0.05, 0.1) is 19.6 Å². The fraction of sp³-hybridized carbons (Fsp3) is 0.857. The van der Waals surface area contributed by atoms with Crippen LogP contribution in [0.5, 0.6) is 0 Å². The summed E-state index contributed by atoms with van der Waals surface area (Å²) in [5, 5.41) is 5.91. The Bertz CT molecular complexity index is 576. The minimum Gasteiger partial charge on any atom is -0.357 e. The number of hydrogen-bond acceptors (Lipinski definition) is 4. The summed E-state index contributed by atoms with van der Waals surface area (Å²) < 4.78 is 0. The van der Waals surface area contributed by atoms with Gasteiger partial charge in [-0.05, 0) is 44.4 Å². The van der Waals surface area contributed by atoms with Gasteiger partial charge in [0.25, 0.3) is 0 Å². The summed E-state index contributed by atoms with van der Waals surface area (Å²) in [5.74, 6) is 2.44. The van der Waals surface area contributed by atoms with Crippen LogP contribution < -0.4 is 10.6 Å². The molecule has 2 aliphatic heterocycles. The number of carbonyl (C=O) groups is 2. The van der Waals surface area contributed by atoms with E-state index >= 15 is 0 Å². The van der Waals surface area contributed by atoms with Crippen LogP contribution in [0.15, 0.2) is 4.99 Å². The van der Waals surface area contributed by atoms with Crippen molar-refractivity contribution < 1.29 is 9.59 Å². The number of amides is 3. The predicted molar refractivity (Wildman–Crippen MR) is 115 cm³/mol. The molecule has 3 fully saturated rings. The first-order valence-corrected chi connectivity index (χ1v) is 11.3. The molecular weight excluding hydrogens is 368 g/mol. The Labute approximate surface area is 175 Å². The zero-order valence-electron chi connectivity index (χ0n) is 18.3. The Morgan fingerprint density at radius 2 is 1.83 bits per heavy atom. The van der Waals surface area contributed by atoms with Gasteiger partial charge in [-0.25, -0.2) is 4.79 Å². The van der Waals surface area contributed by atoms with Crippen molar-refractivity contribution >= 4 is 17.9 Å². The maximum atomic E-state index is 11.7. The lowest BCUT2D eigenvalue weighted by molar-refractivity contribution is -0.124. The van der Waals surface area contributed by atoms with Crippen molar-refractivity contribution in [2.24, 2.45) is 16.8 Å². The van der Waals surface area contributed by atoms with E-state index in [9.17, 15) is 9.59 Å². The van der Waals surface area contributed by atoms with Crippen molar-refractivity contribution in [3.05, 3.63) is 0 Å². The summed E-state index contributed by atoms with van der Waals surface area (Å²) in [5.41, 5.74) is 0. The Balaban J connectivity index is 1.46. The molecule has 8 nitrogen and oxygen atoms in total.